The molecule has 0 radical (unpaired) electrons. The zero-order chi connectivity index (χ0) is 19.2. The van der Waals surface area contributed by atoms with Crippen LogP contribution in [-0.4, -0.2) is 35.0 Å². The lowest BCUT2D eigenvalue weighted by molar-refractivity contribution is 0.0209. The maximum absolute atomic E-state index is 14.5. The summed E-state index contributed by atoms with van der Waals surface area (Å²) >= 11 is 0. The zero-order valence-corrected chi connectivity index (χ0v) is 15.1. The molecule has 1 saturated heterocycles. The van der Waals surface area contributed by atoms with Gasteiger partial charge in [0.1, 0.15) is 11.6 Å². The number of halogens is 1. The second-order valence-electron chi connectivity index (χ2n) is 6.23. The molecule has 27 heavy (non-hydrogen) atoms. The third-order valence-corrected chi connectivity index (χ3v) is 4.12. The van der Waals surface area contributed by atoms with E-state index in [0.717, 1.165) is 6.42 Å². The fraction of sp³-hybridized carbons (Fsp3) is 0.316. The Bertz CT molecular complexity index is 919. The van der Waals surface area contributed by atoms with Crippen LogP contribution in [0.25, 0.3) is 5.57 Å². The maximum atomic E-state index is 14.5. The highest BCUT2D eigenvalue weighted by atomic mass is 19.1. The largest absolute Gasteiger partial charge is 0.404 e. The van der Waals surface area contributed by atoms with Gasteiger partial charge in [0.25, 0.3) is 5.56 Å². The van der Waals surface area contributed by atoms with Gasteiger partial charge in [0, 0.05) is 54.6 Å². The van der Waals surface area contributed by atoms with Gasteiger partial charge in [-0.2, -0.15) is 0 Å². The molecule has 0 saturated carbocycles. The van der Waals surface area contributed by atoms with E-state index in [1.54, 1.807) is 16.8 Å². The molecule has 3 heterocycles. The van der Waals surface area contributed by atoms with Crippen molar-refractivity contribution >= 4 is 23.3 Å². The maximum Gasteiger partial charge on any atom is 0.250 e. The van der Waals surface area contributed by atoms with E-state index in [9.17, 15) is 9.18 Å². The first-order valence-electron chi connectivity index (χ1n) is 8.77. The van der Waals surface area contributed by atoms with Crippen LogP contribution in [0.1, 0.15) is 18.9 Å². The fourth-order valence-corrected chi connectivity index (χ4v) is 2.61. The monoisotopic (exact) mass is 371 g/mol. The molecule has 0 aliphatic carbocycles. The highest BCUT2D eigenvalue weighted by Crippen LogP contribution is 2.20. The molecule has 0 atom stereocenters. The third-order valence-electron chi connectivity index (χ3n) is 4.12. The molecule has 3 N–H and O–H groups in total. The highest BCUT2D eigenvalue weighted by Gasteiger charge is 2.19. The zero-order valence-electron chi connectivity index (χ0n) is 15.1. The first kappa shape index (κ1) is 18.8. The summed E-state index contributed by atoms with van der Waals surface area (Å²) in [5.74, 6) is -0.00338. The first-order chi connectivity index (χ1) is 13.1. The molecule has 3 rings (SSSR count). The van der Waals surface area contributed by atoms with Gasteiger partial charge in [0.05, 0.1) is 24.9 Å². The topological polar surface area (TPSA) is 94.5 Å². The summed E-state index contributed by atoms with van der Waals surface area (Å²) in [5.41, 5.74) is 6.80. The van der Waals surface area contributed by atoms with Gasteiger partial charge in [-0.1, -0.05) is 6.92 Å². The predicted molar refractivity (Wildman–Crippen MR) is 104 cm³/mol. The van der Waals surface area contributed by atoms with E-state index in [1.165, 1.54) is 30.7 Å². The minimum Gasteiger partial charge on any atom is -0.404 e. The number of nitrogens with zero attached hydrogens (tertiary/aromatic N) is 3. The molecule has 0 aromatic carbocycles. The SMILES string of the molecule is CCCn1cc(N=CC(=CN)c2cnc(NC3COC3)cc2F)ccc1=O. The van der Waals surface area contributed by atoms with Crippen LogP contribution in [0.5, 0.6) is 0 Å². The van der Waals surface area contributed by atoms with Gasteiger partial charge >= 0.3 is 0 Å². The van der Waals surface area contributed by atoms with Crippen molar-refractivity contribution < 1.29 is 9.13 Å². The second-order valence-corrected chi connectivity index (χ2v) is 6.23. The van der Waals surface area contributed by atoms with E-state index in [1.807, 2.05) is 6.92 Å². The van der Waals surface area contributed by atoms with E-state index in [2.05, 4.69) is 15.3 Å². The van der Waals surface area contributed by atoms with Crippen LogP contribution in [0.4, 0.5) is 15.9 Å². The summed E-state index contributed by atoms with van der Waals surface area (Å²) in [6.45, 7) is 3.78. The van der Waals surface area contributed by atoms with Crippen LogP contribution in [0.2, 0.25) is 0 Å². The van der Waals surface area contributed by atoms with Gasteiger partial charge in [-0.05, 0) is 12.5 Å². The quantitative estimate of drug-likeness (QED) is 0.729. The van der Waals surface area contributed by atoms with E-state index in [-0.39, 0.29) is 17.2 Å². The standard InChI is InChI=1S/C19H22FN5O2/c1-2-5-25-10-14(3-4-19(25)26)22-8-13(7-21)16-9-23-18(6-17(16)20)24-15-11-27-12-15/h3-4,6-10,15H,2,5,11-12,21H2,1H3,(H,23,24). The van der Waals surface area contributed by atoms with E-state index in [0.29, 0.717) is 36.8 Å². The smallest absolute Gasteiger partial charge is 0.250 e. The van der Waals surface area contributed by atoms with Gasteiger partial charge in [0.15, 0.2) is 0 Å². The number of hydrogen-bond acceptors (Lipinski definition) is 6. The summed E-state index contributed by atoms with van der Waals surface area (Å²) < 4.78 is 21.1. The Balaban J connectivity index is 1.78. The van der Waals surface area contributed by atoms with Crippen LogP contribution in [-0.2, 0) is 11.3 Å². The molecule has 0 unspecified atom stereocenters. The summed E-state index contributed by atoms with van der Waals surface area (Å²) in [7, 11) is 0. The molecule has 0 spiro atoms. The van der Waals surface area contributed by atoms with Crippen LogP contribution < -0.4 is 16.6 Å². The number of nitrogens with one attached hydrogen (secondary N) is 1. The molecule has 0 amide bonds. The number of anilines is 1. The van der Waals surface area contributed by atoms with E-state index >= 15 is 0 Å². The van der Waals surface area contributed by atoms with E-state index < -0.39 is 5.82 Å². The molecular formula is C19H22FN5O2. The number of aromatic nitrogens is 2. The Hall–Kier alpha value is -3.00. The molecule has 1 fully saturated rings. The lowest BCUT2D eigenvalue weighted by atomic mass is 10.1. The molecule has 1 aliphatic heterocycles. The van der Waals surface area contributed by atoms with Crippen LogP contribution in [0, 0.1) is 5.82 Å². The van der Waals surface area contributed by atoms with Crippen molar-refractivity contribution in [3.05, 3.63) is 58.5 Å². The molecule has 7 nitrogen and oxygen atoms in total. The number of allylic oxidation sites excluding steroid dienone is 1. The van der Waals surface area contributed by atoms with Gasteiger partial charge in [-0.15, -0.1) is 0 Å². The third kappa shape index (κ3) is 4.59. The Morgan fingerprint density at radius 1 is 1.52 bits per heavy atom. The average molecular weight is 371 g/mol. The Kier molecular flexibility index (Phi) is 5.97. The Morgan fingerprint density at radius 3 is 2.96 bits per heavy atom. The summed E-state index contributed by atoms with van der Waals surface area (Å²) in [4.78, 5) is 20.3. The number of aliphatic imine (C=N–C) groups is 1. The van der Waals surface area contributed by atoms with Gasteiger partial charge in [0.2, 0.25) is 0 Å². The highest BCUT2D eigenvalue weighted by molar-refractivity contribution is 6.10. The lowest BCUT2D eigenvalue weighted by Gasteiger charge is -2.27. The summed E-state index contributed by atoms with van der Waals surface area (Å²) in [6, 6.07) is 4.56. The predicted octanol–water partition coefficient (Wildman–Crippen LogP) is 2.31. The summed E-state index contributed by atoms with van der Waals surface area (Å²) in [6.07, 6.45) is 6.66. The van der Waals surface area contributed by atoms with Crippen molar-refractivity contribution in [2.45, 2.75) is 25.9 Å². The van der Waals surface area contributed by atoms with Gasteiger partial charge in [-0.25, -0.2) is 9.37 Å². The minimum absolute atomic E-state index is 0.0828. The Morgan fingerprint density at radius 2 is 2.33 bits per heavy atom. The number of nitrogens with two attached hydrogens (primary N) is 1. The molecule has 2 aromatic heterocycles. The normalized spacial score (nSPS) is 15.1. The fourth-order valence-electron chi connectivity index (χ4n) is 2.61. The molecule has 142 valence electrons. The number of hydrogen-bond donors (Lipinski definition) is 2. The molecule has 2 aromatic rings. The van der Waals surface area contributed by atoms with Crippen molar-refractivity contribution in [2.75, 3.05) is 18.5 Å². The first-order valence-corrected chi connectivity index (χ1v) is 8.77. The van der Waals surface area contributed by atoms with Crippen molar-refractivity contribution in [1.82, 2.24) is 9.55 Å². The molecule has 8 heteroatoms. The number of aryl methyl sites for hydroxylation is 1. The van der Waals surface area contributed by atoms with E-state index in [4.69, 9.17) is 10.5 Å². The number of ether oxygens (including phenoxy) is 1. The van der Waals surface area contributed by atoms with Crippen molar-refractivity contribution in [1.29, 1.82) is 0 Å². The van der Waals surface area contributed by atoms with Gasteiger partial charge < -0.3 is 20.4 Å². The molecule has 1 aliphatic rings. The van der Waals surface area contributed by atoms with Crippen molar-refractivity contribution in [2.24, 2.45) is 10.7 Å². The second kappa shape index (κ2) is 8.59. The molecule has 0 bridgehead atoms. The molecular weight excluding hydrogens is 349 g/mol. The van der Waals surface area contributed by atoms with Gasteiger partial charge in [-0.3, -0.25) is 9.79 Å². The van der Waals surface area contributed by atoms with Crippen LogP contribution in [0.3, 0.4) is 0 Å². The number of rotatable bonds is 7. The minimum atomic E-state index is -0.452. The Labute approximate surface area is 156 Å². The van der Waals surface area contributed by atoms with Crippen LogP contribution in [0.15, 0.2) is 46.6 Å². The van der Waals surface area contributed by atoms with Crippen LogP contribution >= 0.6 is 0 Å². The van der Waals surface area contributed by atoms with Crippen molar-refractivity contribution in [3.63, 3.8) is 0 Å². The number of pyridine rings is 2. The average Bonchev–Trinajstić information content (AvgIpc) is 2.62. The van der Waals surface area contributed by atoms with Crippen molar-refractivity contribution in [3.8, 4) is 0 Å². The lowest BCUT2D eigenvalue weighted by Crippen LogP contribution is -2.40. The summed E-state index contributed by atoms with van der Waals surface area (Å²) in [5, 5.41) is 3.09.